The summed E-state index contributed by atoms with van der Waals surface area (Å²) in [4.78, 5) is 0. The molecule has 0 saturated heterocycles. The maximum atomic E-state index is 4.89. The van der Waals surface area contributed by atoms with Crippen molar-refractivity contribution in [3.63, 3.8) is 0 Å². The fourth-order valence-electron chi connectivity index (χ4n) is 3.84. The van der Waals surface area contributed by atoms with Gasteiger partial charge in [-0.05, 0) is 65.6 Å². The van der Waals surface area contributed by atoms with Crippen molar-refractivity contribution in [2.75, 3.05) is 0 Å². The Bertz CT molecular complexity index is 564. The molecule has 0 N–H and O–H groups in total. The Balaban J connectivity index is 0.000000878. The fraction of sp³-hybridized carbons (Fsp3) is 0.440. The number of hydrogen-bond acceptors (Lipinski definition) is 0. The number of fused-ring (bicyclic) bond motifs is 1. The minimum absolute atomic E-state index is 0.00734. The molecular weight excluding hydrogens is 419 g/mol. The van der Waals surface area contributed by atoms with Gasteiger partial charge in [-0.15, -0.1) is 0 Å². The Labute approximate surface area is 192 Å². The molecule has 0 nitrogen and oxygen atoms in total. The van der Waals surface area contributed by atoms with E-state index in [0.717, 1.165) is 0 Å². The average molecular weight is 451 g/mol. The average Bonchev–Trinajstić information content (AvgIpc) is 3.20. The Morgan fingerprint density at radius 2 is 1.11 bits per heavy atom. The molecule has 3 aliphatic carbocycles. The molecule has 0 heterocycles. The number of hydrogen-bond donors (Lipinski definition) is 0. The third-order valence-corrected chi connectivity index (χ3v) is 5.62. The summed E-state index contributed by atoms with van der Waals surface area (Å²) in [6.45, 7) is 18.5. The third-order valence-electron chi connectivity index (χ3n) is 5.62. The van der Waals surface area contributed by atoms with Gasteiger partial charge >= 0.3 is 35.6 Å². The van der Waals surface area contributed by atoms with Gasteiger partial charge in [0.1, 0.15) is 0 Å². The molecule has 0 bridgehead atoms. The predicted molar refractivity (Wildman–Crippen MR) is 119 cm³/mol. The molecule has 10 radical (unpaired) electrons. The van der Waals surface area contributed by atoms with Crippen LogP contribution in [0.25, 0.3) is 0 Å². The maximum absolute atomic E-state index is 4.89. The first-order valence-electron chi connectivity index (χ1n) is 9.77. The van der Waals surface area contributed by atoms with Crippen LogP contribution in [0.1, 0.15) is 55.4 Å². The van der Waals surface area contributed by atoms with Crippen molar-refractivity contribution in [2.45, 2.75) is 55.4 Å². The van der Waals surface area contributed by atoms with Crippen molar-refractivity contribution in [1.29, 1.82) is 0 Å². The van der Waals surface area contributed by atoms with Gasteiger partial charge < -0.3 is 0 Å². The molecule has 0 aliphatic heterocycles. The molecule has 2 fully saturated rings. The first-order chi connectivity index (χ1) is 12.8. The minimum atomic E-state index is -0.556. The van der Waals surface area contributed by atoms with Crippen LogP contribution >= 0.6 is 18.6 Å². The van der Waals surface area contributed by atoms with Crippen molar-refractivity contribution < 1.29 is 17.0 Å². The normalized spacial score (nSPS) is 23.8. The van der Waals surface area contributed by atoms with Gasteiger partial charge in [0.25, 0.3) is 0 Å². The Hall–Kier alpha value is 0.774. The van der Waals surface area contributed by atoms with Crippen molar-refractivity contribution >= 4 is 18.6 Å². The van der Waals surface area contributed by atoms with E-state index >= 15 is 0 Å². The van der Waals surface area contributed by atoms with Gasteiger partial charge in [0, 0.05) is 11.8 Å². The zero-order valence-electron chi connectivity index (χ0n) is 18.4. The SMILES string of the molecule is CC(C)(C)[C]1[CH][CH][C](C(C)(C)[C]2[CH][C](C(C)(C)C)[C]3C=CC=C[C]32)[CH]1.[Cl][Ti][Cl]. The van der Waals surface area contributed by atoms with Crippen LogP contribution in [-0.4, -0.2) is 0 Å². The first kappa shape index (κ1) is 25.0. The molecule has 0 unspecified atom stereocenters. The van der Waals surface area contributed by atoms with E-state index in [1.807, 2.05) is 0 Å². The van der Waals surface area contributed by atoms with Gasteiger partial charge in [0.2, 0.25) is 0 Å². The molecule has 3 heteroatoms. The van der Waals surface area contributed by atoms with Crippen LogP contribution in [0.2, 0.25) is 0 Å². The van der Waals surface area contributed by atoms with Gasteiger partial charge in [-0.1, -0.05) is 79.7 Å². The zero-order valence-corrected chi connectivity index (χ0v) is 21.4. The summed E-state index contributed by atoms with van der Waals surface area (Å²) >= 11 is -0.556. The Kier molecular flexibility index (Phi) is 8.50. The summed E-state index contributed by atoms with van der Waals surface area (Å²) in [5.74, 6) is 8.53. The summed E-state index contributed by atoms with van der Waals surface area (Å²) in [7, 11) is 9.78. The van der Waals surface area contributed by atoms with Crippen LogP contribution < -0.4 is 0 Å². The van der Waals surface area contributed by atoms with E-state index in [2.05, 4.69) is 105 Å². The molecule has 3 aliphatic rings. The fourth-order valence-corrected chi connectivity index (χ4v) is 3.84. The van der Waals surface area contributed by atoms with Gasteiger partial charge in [0.05, 0.1) is 0 Å². The summed E-state index contributed by atoms with van der Waals surface area (Å²) in [5, 5.41) is 0. The quantitative estimate of drug-likeness (QED) is 0.375. The first-order valence-corrected chi connectivity index (χ1v) is 14.1. The van der Waals surface area contributed by atoms with Gasteiger partial charge in [-0.25, -0.2) is 0 Å². The topological polar surface area (TPSA) is 0 Å². The van der Waals surface area contributed by atoms with Gasteiger partial charge in [-0.3, -0.25) is 0 Å². The third kappa shape index (κ3) is 5.52. The second kappa shape index (κ2) is 9.50. The van der Waals surface area contributed by atoms with Crippen molar-refractivity contribution in [1.82, 2.24) is 0 Å². The van der Waals surface area contributed by atoms with E-state index in [1.165, 1.54) is 35.5 Å². The van der Waals surface area contributed by atoms with E-state index in [-0.39, 0.29) is 16.2 Å². The molecule has 150 valence electrons. The molecule has 3 rings (SSSR count). The van der Waals surface area contributed by atoms with Gasteiger partial charge in [0.15, 0.2) is 0 Å². The van der Waals surface area contributed by atoms with E-state index in [9.17, 15) is 0 Å². The molecular formula is C25H32Cl2Ti. The van der Waals surface area contributed by atoms with Crippen molar-refractivity contribution in [3.05, 3.63) is 85.5 Å². The van der Waals surface area contributed by atoms with E-state index in [0.29, 0.717) is 0 Å². The molecule has 2 saturated carbocycles. The van der Waals surface area contributed by atoms with E-state index in [4.69, 9.17) is 18.6 Å². The molecule has 0 aromatic heterocycles. The van der Waals surface area contributed by atoms with Crippen molar-refractivity contribution in [3.8, 4) is 0 Å². The van der Waals surface area contributed by atoms with Crippen LogP contribution in [0.15, 0.2) is 24.3 Å². The molecule has 0 atom stereocenters. The zero-order chi connectivity index (χ0) is 21.3. The monoisotopic (exact) mass is 450 g/mol. The Morgan fingerprint density at radius 1 is 0.643 bits per heavy atom. The number of halogens is 2. The molecule has 0 spiro atoms. The number of rotatable bonds is 2. The molecule has 0 amide bonds. The summed E-state index contributed by atoms with van der Waals surface area (Å²) in [5.41, 5.74) is 0.335. The summed E-state index contributed by atoms with van der Waals surface area (Å²) < 4.78 is 0. The van der Waals surface area contributed by atoms with Crippen LogP contribution in [0.3, 0.4) is 0 Å². The summed E-state index contributed by atoms with van der Waals surface area (Å²) in [6.07, 6.45) is 18.4. The predicted octanol–water partition coefficient (Wildman–Crippen LogP) is 7.90. The molecule has 0 aromatic carbocycles. The van der Waals surface area contributed by atoms with Crippen LogP contribution in [0.5, 0.6) is 0 Å². The molecule has 28 heavy (non-hydrogen) atoms. The van der Waals surface area contributed by atoms with Crippen LogP contribution in [0.4, 0.5) is 0 Å². The van der Waals surface area contributed by atoms with E-state index < -0.39 is 17.0 Å². The standard InChI is InChI=1S/C25H32.2ClH.Ti/c1-23(2,3)17-13-14-18(15-17)25(7,8)22-16-21(24(4,5)6)19-11-9-10-12-20(19)22;;;/h9-16H,1-8H3;2*1H;/q;;;+2/p-2. The second-order valence-electron chi connectivity index (χ2n) is 10.1. The number of allylic oxidation sites excluding steroid dienone is 4. The van der Waals surface area contributed by atoms with Crippen molar-refractivity contribution in [2.24, 2.45) is 16.2 Å². The van der Waals surface area contributed by atoms with Crippen LogP contribution in [0, 0.1) is 77.4 Å². The van der Waals surface area contributed by atoms with Gasteiger partial charge in [-0.2, -0.15) is 0 Å². The summed E-state index contributed by atoms with van der Waals surface area (Å²) in [6, 6.07) is 0. The van der Waals surface area contributed by atoms with Crippen LogP contribution in [-0.2, 0) is 17.0 Å². The molecule has 0 aromatic rings. The second-order valence-corrected chi connectivity index (χ2v) is 12.7. The Morgan fingerprint density at radius 3 is 1.54 bits per heavy atom. The van der Waals surface area contributed by atoms with E-state index in [1.54, 1.807) is 0 Å².